The molecule has 116 valence electrons. The Morgan fingerprint density at radius 2 is 2.00 bits per heavy atom. The zero-order valence-electron chi connectivity index (χ0n) is 13.9. The van der Waals surface area contributed by atoms with Crippen molar-refractivity contribution in [2.75, 3.05) is 11.4 Å². The van der Waals surface area contributed by atoms with Crippen LogP contribution in [0.25, 0.3) is 0 Å². The van der Waals surface area contributed by atoms with E-state index in [0.29, 0.717) is 6.04 Å². The molecule has 0 amide bonds. The molecule has 0 bridgehead atoms. The van der Waals surface area contributed by atoms with Crippen molar-refractivity contribution in [2.24, 2.45) is 0 Å². The lowest BCUT2D eigenvalue weighted by molar-refractivity contribution is 0.564. The van der Waals surface area contributed by atoms with E-state index in [2.05, 4.69) is 50.0 Å². The van der Waals surface area contributed by atoms with Gasteiger partial charge in [0.25, 0.3) is 0 Å². The van der Waals surface area contributed by atoms with Gasteiger partial charge < -0.3 is 10.2 Å². The van der Waals surface area contributed by atoms with Crippen molar-refractivity contribution < 1.29 is 0 Å². The van der Waals surface area contributed by atoms with Gasteiger partial charge in [-0.25, -0.2) is 4.98 Å². The van der Waals surface area contributed by atoms with Crippen LogP contribution in [0.15, 0.2) is 12.1 Å². The third-order valence-corrected chi connectivity index (χ3v) is 4.66. The molecule has 1 N–H and O–H groups in total. The summed E-state index contributed by atoms with van der Waals surface area (Å²) < 4.78 is 0. The highest BCUT2D eigenvalue weighted by molar-refractivity contribution is 5.45. The first-order valence-corrected chi connectivity index (χ1v) is 8.45. The number of rotatable bonds is 4. The fourth-order valence-electron chi connectivity index (χ4n) is 3.03. The molecule has 2 aliphatic rings. The molecule has 0 radical (unpaired) electrons. The monoisotopic (exact) mass is 287 g/mol. The molecule has 3 nitrogen and oxygen atoms in total. The van der Waals surface area contributed by atoms with Crippen LogP contribution in [0, 0.1) is 0 Å². The van der Waals surface area contributed by atoms with E-state index in [1.54, 1.807) is 0 Å². The minimum atomic E-state index is 0.104. The summed E-state index contributed by atoms with van der Waals surface area (Å²) in [7, 11) is 0. The van der Waals surface area contributed by atoms with Gasteiger partial charge in [-0.3, -0.25) is 0 Å². The average Bonchev–Trinajstić information content (AvgIpc) is 3.16. The molecule has 1 aliphatic heterocycles. The highest BCUT2D eigenvalue weighted by atomic mass is 15.2. The topological polar surface area (TPSA) is 28.2 Å². The molecule has 1 aliphatic carbocycles. The van der Waals surface area contributed by atoms with E-state index < -0.39 is 0 Å². The van der Waals surface area contributed by atoms with Crippen molar-refractivity contribution in [3.63, 3.8) is 0 Å². The van der Waals surface area contributed by atoms with Gasteiger partial charge in [0.15, 0.2) is 0 Å². The Kier molecular flexibility index (Phi) is 3.96. The molecule has 1 saturated carbocycles. The molecule has 1 atom stereocenters. The van der Waals surface area contributed by atoms with E-state index in [-0.39, 0.29) is 5.41 Å². The predicted octanol–water partition coefficient (Wildman–Crippen LogP) is 3.62. The van der Waals surface area contributed by atoms with Gasteiger partial charge in [0.1, 0.15) is 5.82 Å². The molecule has 0 spiro atoms. The standard InChI is InChI=1S/C18H29N3/c1-13-6-5-9-21(13)17-11-14(12-19-15-7-8-15)10-16(20-17)18(2,3)4/h10-11,13,15,19H,5-9,12H2,1-4H3. The van der Waals surface area contributed by atoms with Crippen LogP contribution in [0.2, 0.25) is 0 Å². The van der Waals surface area contributed by atoms with Crippen LogP contribution in [0.1, 0.15) is 64.6 Å². The second-order valence-electron chi connectivity index (χ2n) is 7.81. The highest BCUT2D eigenvalue weighted by Crippen LogP contribution is 2.29. The number of nitrogens with one attached hydrogen (secondary N) is 1. The van der Waals surface area contributed by atoms with Crippen molar-refractivity contribution in [3.05, 3.63) is 23.4 Å². The third kappa shape index (κ3) is 3.57. The zero-order chi connectivity index (χ0) is 15.0. The first-order chi connectivity index (χ1) is 9.93. The van der Waals surface area contributed by atoms with Gasteiger partial charge in [0.2, 0.25) is 0 Å². The molecule has 1 unspecified atom stereocenters. The zero-order valence-corrected chi connectivity index (χ0v) is 13.9. The van der Waals surface area contributed by atoms with Gasteiger partial charge in [0, 0.05) is 36.3 Å². The Labute approximate surface area is 129 Å². The van der Waals surface area contributed by atoms with Crippen LogP contribution in [-0.2, 0) is 12.0 Å². The molecular weight excluding hydrogens is 258 g/mol. The second-order valence-corrected chi connectivity index (χ2v) is 7.81. The molecule has 2 heterocycles. The van der Waals surface area contributed by atoms with E-state index in [1.807, 2.05) is 0 Å². The number of anilines is 1. The Morgan fingerprint density at radius 3 is 2.57 bits per heavy atom. The van der Waals surface area contributed by atoms with E-state index in [1.165, 1.54) is 42.8 Å². The van der Waals surface area contributed by atoms with Gasteiger partial charge in [-0.05, 0) is 50.3 Å². The predicted molar refractivity (Wildman–Crippen MR) is 88.8 cm³/mol. The fraction of sp³-hybridized carbons (Fsp3) is 0.722. The summed E-state index contributed by atoms with van der Waals surface area (Å²) in [6.07, 6.45) is 5.26. The summed E-state index contributed by atoms with van der Waals surface area (Å²) in [5.41, 5.74) is 2.70. The van der Waals surface area contributed by atoms with Crippen molar-refractivity contribution in [3.8, 4) is 0 Å². The Morgan fingerprint density at radius 1 is 1.24 bits per heavy atom. The summed E-state index contributed by atoms with van der Waals surface area (Å²) in [6.45, 7) is 11.2. The van der Waals surface area contributed by atoms with Gasteiger partial charge in [0.05, 0.1) is 0 Å². The lowest BCUT2D eigenvalue weighted by atomic mass is 9.90. The Balaban J connectivity index is 1.87. The number of hydrogen-bond acceptors (Lipinski definition) is 3. The molecule has 1 aromatic heterocycles. The van der Waals surface area contributed by atoms with Gasteiger partial charge >= 0.3 is 0 Å². The smallest absolute Gasteiger partial charge is 0.129 e. The molecule has 3 rings (SSSR count). The Bertz CT molecular complexity index is 500. The average molecular weight is 287 g/mol. The normalized spacial score (nSPS) is 22.9. The second kappa shape index (κ2) is 5.60. The first kappa shape index (κ1) is 14.8. The van der Waals surface area contributed by atoms with E-state index in [4.69, 9.17) is 4.98 Å². The molecule has 21 heavy (non-hydrogen) atoms. The van der Waals surface area contributed by atoms with Crippen LogP contribution in [0.4, 0.5) is 5.82 Å². The number of nitrogens with zero attached hydrogens (tertiary/aromatic N) is 2. The third-order valence-electron chi connectivity index (χ3n) is 4.66. The van der Waals surface area contributed by atoms with Crippen LogP contribution < -0.4 is 10.2 Å². The summed E-state index contributed by atoms with van der Waals surface area (Å²) >= 11 is 0. The fourth-order valence-corrected chi connectivity index (χ4v) is 3.03. The lowest BCUT2D eigenvalue weighted by Crippen LogP contribution is -2.29. The van der Waals surface area contributed by atoms with Crippen LogP contribution in [-0.4, -0.2) is 23.6 Å². The maximum absolute atomic E-state index is 4.98. The van der Waals surface area contributed by atoms with Crippen LogP contribution in [0.3, 0.4) is 0 Å². The Hall–Kier alpha value is -1.09. The van der Waals surface area contributed by atoms with E-state index in [9.17, 15) is 0 Å². The summed E-state index contributed by atoms with van der Waals surface area (Å²) in [5.74, 6) is 1.18. The quantitative estimate of drug-likeness (QED) is 0.916. The number of aromatic nitrogens is 1. The first-order valence-electron chi connectivity index (χ1n) is 8.45. The molecule has 2 fully saturated rings. The van der Waals surface area contributed by atoms with Crippen LogP contribution >= 0.6 is 0 Å². The largest absolute Gasteiger partial charge is 0.354 e. The SMILES string of the molecule is CC1CCCN1c1cc(CNC2CC2)cc(C(C)(C)C)n1. The molecule has 0 aromatic carbocycles. The van der Waals surface area contributed by atoms with E-state index in [0.717, 1.165) is 19.1 Å². The number of pyridine rings is 1. The van der Waals surface area contributed by atoms with Crippen molar-refractivity contribution >= 4 is 5.82 Å². The van der Waals surface area contributed by atoms with Gasteiger partial charge in [-0.1, -0.05) is 20.8 Å². The minimum Gasteiger partial charge on any atom is -0.354 e. The molecular formula is C18H29N3. The van der Waals surface area contributed by atoms with Crippen LogP contribution in [0.5, 0.6) is 0 Å². The summed E-state index contributed by atoms with van der Waals surface area (Å²) in [5, 5.41) is 3.63. The van der Waals surface area contributed by atoms with E-state index >= 15 is 0 Å². The van der Waals surface area contributed by atoms with Gasteiger partial charge in [-0.15, -0.1) is 0 Å². The molecule has 1 aromatic rings. The summed E-state index contributed by atoms with van der Waals surface area (Å²) in [6, 6.07) is 5.97. The molecule has 3 heteroatoms. The molecule has 1 saturated heterocycles. The minimum absolute atomic E-state index is 0.104. The maximum Gasteiger partial charge on any atom is 0.129 e. The number of hydrogen-bond donors (Lipinski definition) is 1. The van der Waals surface area contributed by atoms with Gasteiger partial charge in [-0.2, -0.15) is 0 Å². The van der Waals surface area contributed by atoms with Crippen molar-refractivity contribution in [1.29, 1.82) is 0 Å². The summed E-state index contributed by atoms with van der Waals surface area (Å²) in [4.78, 5) is 7.46. The highest BCUT2D eigenvalue weighted by Gasteiger charge is 2.25. The van der Waals surface area contributed by atoms with Crippen molar-refractivity contribution in [1.82, 2.24) is 10.3 Å². The maximum atomic E-state index is 4.98. The van der Waals surface area contributed by atoms with Crippen molar-refractivity contribution in [2.45, 2.75) is 77.4 Å². The lowest BCUT2D eigenvalue weighted by Gasteiger charge is -2.26.